The first-order chi connectivity index (χ1) is 7.22. The Morgan fingerprint density at radius 1 is 1.60 bits per heavy atom. The van der Waals surface area contributed by atoms with Gasteiger partial charge in [-0.3, -0.25) is 0 Å². The van der Waals surface area contributed by atoms with Gasteiger partial charge in [-0.25, -0.2) is 0 Å². The van der Waals surface area contributed by atoms with E-state index in [0.29, 0.717) is 13.0 Å². The molecular formula is C12H14N2O. The molecule has 0 amide bonds. The number of aryl methyl sites for hydroxylation is 1. The van der Waals surface area contributed by atoms with Crippen LogP contribution in [0.2, 0.25) is 0 Å². The van der Waals surface area contributed by atoms with E-state index in [1.165, 1.54) is 5.56 Å². The second-order valence-corrected chi connectivity index (χ2v) is 3.91. The lowest BCUT2D eigenvalue weighted by Gasteiger charge is -2.34. The third kappa shape index (κ3) is 1.75. The zero-order valence-electron chi connectivity index (χ0n) is 9.03. The predicted molar refractivity (Wildman–Crippen MR) is 59.1 cm³/mol. The Hall–Kier alpha value is -1.69. The topological polar surface area (TPSA) is 36.3 Å². The number of ether oxygens (including phenoxy) is 1. The Labute approximate surface area is 89.9 Å². The van der Waals surface area contributed by atoms with Gasteiger partial charge in [0.15, 0.2) is 0 Å². The number of likely N-dealkylation sites (N-methyl/N-ethyl adjacent to an activating group) is 1. The first kappa shape index (κ1) is 9.85. The van der Waals surface area contributed by atoms with E-state index in [4.69, 9.17) is 10.00 Å². The van der Waals surface area contributed by atoms with Crippen molar-refractivity contribution in [1.29, 1.82) is 5.26 Å². The quantitative estimate of drug-likeness (QED) is 0.699. The van der Waals surface area contributed by atoms with Crippen molar-refractivity contribution in [2.45, 2.75) is 19.4 Å². The number of hydrogen-bond acceptors (Lipinski definition) is 3. The van der Waals surface area contributed by atoms with Crippen LogP contribution in [0, 0.1) is 18.3 Å². The molecule has 0 bridgehead atoms. The minimum absolute atomic E-state index is 0.171. The van der Waals surface area contributed by atoms with E-state index in [0.717, 1.165) is 11.4 Å². The molecule has 0 radical (unpaired) electrons. The average molecular weight is 202 g/mol. The van der Waals surface area contributed by atoms with Gasteiger partial charge in [-0.1, -0.05) is 6.07 Å². The first-order valence-corrected chi connectivity index (χ1v) is 5.05. The lowest BCUT2D eigenvalue weighted by molar-refractivity contribution is 0.268. The SMILES string of the molecule is Cc1ccc2c(c1)OCC(CC#N)N2C. The van der Waals surface area contributed by atoms with E-state index in [2.05, 4.69) is 17.0 Å². The fourth-order valence-corrected chi connectivity index (χ4v) is 1.82. The summed E-state index contributed by atoms with van der Waals surface area (Å²) in [6, 6.07) is 8.51. The van der Waals surface area contributed by atoms with Crippen LogP contribution >= 0.6 is 0 Å². The Kier molecular flexibility index (Phi) is 2.51. The van der Waals surface area contributed by atoms with E-state index in [-0.39, 0.29) is 6.04 Å². The van der Waals surface area contributed by atoms with Gasteiger partial charge >= 0.3 is 0 Å². The van der Waals surface area contributed by atoms with Crippen molar-refractivity contribution in [2.75, 3.05) is 18.6 Å². The lowest BCUT2D eigenvalue weighted by Crippen LogP contribution is -2.40. The van der Waals surface area contributed by atoms with Crippen LogP contribution in [-0.2, 0) is 0 Å². The molecule has 0 aromatic heterocycles. The van der Waals surface area contributed by atoms with Crippen LogP contribution in [-0.4, -0.2) is 19.7 Å². The predicted octanol–water partition coefficient (Wildman–Crippen LogP) is 2.11. The number of hydrogen-bond donors (Lipinski definition) is 0. The largest absolute Gasteiger partial charge is 0.489 e. The third-order valence-electron chi connectivity index (χ3n) is 2.80. The van der Waals surface area contributed by atoms with Gasteiger partial charge in [-0.2, -0.15) is 5.26 Å². The smallest absolute Gasteiger partial charge is 0.142 e. The summed E-state index contributed by atoms with van der Waals surface area (Å²) < 4.78 is 5.65. The van der Waals surface area contributed by atoms with Crippen molar-refractivity contribution >= 4 is 5.69 Å². The second-order valence-electron chi connectivity index (χ2n) is 3.91. The molecule has 3 nitrogen and oxygen atoms in total. The number of anilines is 1. The van der Waals surface area contributed by atoms with Crippen molar-refractivity contribution in [3.63, 3.8) is 0 Å². The van der Waals surface area contributed by atoms with Crippen molar-refractivity contribution in [1.82, 2.24) is 0 Å². The molecule has 0 saturated heterocycles. The highest BCUT2D eigenvalue weighted by Crippen LogP contribution is 2.34. The molecule has 3 heteroatoms. The van der Waals surface area contributed by atoms with Gasteiger partial charge in [0, 0.05) is 7.05 Å². The van der Waals surface area contributed by atoms with E-state index >= 15 is 0 Å². The maximum absolute atomic E-state index is 8.70. The zero-order chi connectivity index (χ0) is 10.8. The summed E-state index contributed by atoms with van der Waals surface area (Å²) in [6.45, 7) is 2.64. The van der Waals surface area contributed by atoms with Gasteiger partial charge in [0.2, 0.25) is 0 Å². The summed E-state index contributed by atoms with van der Waals surface area (Å²) in [5.41, 5.74) is 2.27. The zero-order valence-corrected chi connectivity index (χ0v) is 9.03. The number of rotatable bonds is 1. The lowest BCUT2D eigenvalue weighted by atomic mass is 10.1. The third-order valence-corrected chi connectivity index (χ3v) is 2.80. The van der Waals surface area contributed by atoms with Crippen LogP contribution in [0.1, 0.15) is 12.0 Å². The minimum atomic E-state index is 0.171. The molecule has 1 unspecified atom stereocenters. The fraction of sp³-hybridized carbons (Fsp3) is 0.417. The monoisotopic (exact) mass is 202 g/mol. The van der Waals surface area contributed by atoms with Crippen LogP contribution in [0.5, 0.6) is 5.75 Å². The summed E-state index contributed by atoms with van der Waals surface area (Å²) in [5, 5.41) is 8.70. The molecule has 0 saturated carbocycles. The molecule has 1 aromatic carbocycles. The van der Waals surface area contributed by atoms with Crippen LogP contribution < -0.4 is 9.64 Å². The molecule has 1 atom stereocenters. The summed E-state index contributed by atoms with van der Waals surface area (Å²) in [4.78, 5) is 2.13. The Morgan fingerprint density at radius 3 is 3.13 bits per heavy atom. The van der Waals surface area contributed by atoms with E-state index < -0.39 is 0 Å². The van der Waals surface area contributed by atoms with Crippen LogP contribution in [0.4, 0.5) is 5.69 Å². The molecule has 0 N–H and O–H groups in total. The van der Waals surface area contributed by atoms with Gasteiger partial charge in [0.25, 0.3) is 0 Å². The first-order valence-electron chi connectivity index (χ1n) is 5.05. The molecule has 1 heterocycles. The van der Waals surface area contributed by atoms with E-state index in [9.17, 15) is 0 Å². The fourth-order valence-electron chi connectivity index (χ4n) is 1.82. The molecule has 0 spiro atoms. The van der Waals surface area contributed by atoms with Gasteiger partial charge in [-0.15, -0.1) is 0 Å². The van der Waals surface area contributed by atoms with Crippen molar-refractivity contribution in [3.8, 4) is 11.8 Å². The highest BCUT2D eigenvalue weighted by molar-refractivity contribution is 5.61. The minimum Gasteiger partial charge on any atom is -0.489 e. The van der Waals surface area contributed by atoms with Gasteiger partial charge in [0.05, 0.1) is 24.2 Å². The number of nitriles is 1. The van der Waals surface area contributed by atoms with Gasteiger partial charge < -0.3 is 9.64 Å². The van der Waals surface area contributed by atoms with Crippen molar-refractivity contribution < 1.29 is 4.74 Å². The number of benzene rings is 1. The standard InChI is InChI=1S/C12H14N2O/c1-9-3-4-11-12(7-9)15-8-10(5-6-13)14(11)2/h3-4,7,10H,5,8H2,1-2H3. The normalized spacial score (nSPS) is 19.0. The van der Waals surface area contributed by atoms with Gasteiger partial charge in [0.1, 0.15) is 12.4 Å². The summed E-state index contributed by atoms with van der Waals surface area (Å²) in [6.07, 6.45) is 0.504. The summed E-state index contributed by atoms with van der Waals surface area (Å²) in [5.74, 6) is 0.923. The molecule has 1 aromatic rings. The number of nitrogens with zero attached hydrogens (tertiary/aromatic N) is 2. The highest BCUT2D eigenvalue weighted by Gasteiger charge is 2.24. The van der Waals surface area contributed by atoms with E-state index in [1.54, 1.807) is 0 Å². The number of fused-ring (bicyclic) bond motifs is 1. The Balaban J connectivity index is 2.31. The summed E-state index contributed by atoms with van der Waals surface area (Å²) >= 11 is 0. The van der Waals surface area contributed by atoms with Crippen LogP contribution in [0.3, 0.4) is 0 Å². The van der Waals surface area contributed by atoms with Gasteiger partial charge in [-0.05, 0) is 24.6 Å². The molecule has 15 heavy (non-hydrogen) atoms. The maximum atomic E-state index is 8.70. The van der Waals surface area contributed by atoms with Crippen LogP contribution in [0.15, 0.2) is 18.2 Å². The second kappa shape index (κ2) is 3.82. The van der Waals surface area contributed by atoms with Crippen molar-refractivity contribution in [3.05, 3.63) is 23.8 Å². The maximum Gasteiger partial charge on any atom is 0.142 e. The van der Waals surface area contributed by atoms with Crippen LogP contribution in [0.25, 0.3) is 0 Å². The molecule has 1 aliphatic rings. The molecule has 0 fully saturated rings. The summed E-state index contributed by atoms with van der Waals surface area (Å²) in [7, 11) is 2.01. The molecule has 0 aliphatic carbocycles. The Morgan fingerprint density at radius 2 is 2.40 bits per heavy atom. The molecule has 2 rings (SSSR count). The average Bonchev–Trinajstić information content (AvgIpc) is 2.22. The van der Waals surface area contributed by atoms with E-state index in [1.807, 2.05) is 26.1 Å². The highest BCUT2D eigenvalue weighted by atomic mass is 16.5. The molecule has 1 aliphatic heterocycles. The Bertz CT molecular complexity index is 409. The molecule has 78 valence electrons. The molecular weight excluding hydrogens is 188 g/mol. The van der Waals surface area contributed by atoms with Crippen molar-refractivity contribution in [2.24, 2.45) is 0 Å².